The number of guanidine groups is 1. The Kier molecular flexibility index (Phi) is 4.93. The van der Waals surface area contributed by atoms with E-state index in [9.17, 15) is 9.59 Å². The number of carboxylic acid groups (broad SMARTS) is 1. The first-order valence-corrected chi connectivity index (χ1v) is 6.76. The van der Waals surface area contributed by atoms with Gasteiger partial charge < -0.3 is 21.9 Å². The van der Waals surface area contributed by atoms with Crippen molar-refractivity contribution in [2.45, 2.75) is 6.42 Å². The van der Waals surface area contributed by atoms with Crippen molar-refractivity contribution < 1.29 is 14.7 Å². The molecular weight excluding hydrogens is 296 g/mol. The van der Waals surface area contributed by atoms with Crippen molar-refractivity contribution in [1.29, 1.82) is 0 Å². The van der Waals surface area contributed by atoms with Crippen molar-refractivity contribution in [3.8, 4) is 0 Å². The first kappa shape index (κ1) is 16.0. The van der Waals surface area contributed by atoms with Gasteiger partial charge in [0.1, 0.15) is 0 Å². The van der Waals surface area contributed by atoms with E-state index in [1.54, 1.807) is 48.5 Å². The van der Waals surface area contributed by atoms with Gasteiger partial charge in [0.25, 0.3) is 5.91 Å². The molecule has 0 unspecified atom stereocenters. The Bertz CT molecular complexity index is 767. The molecule has 0 bridgehead atoms. The summed E-state index contributed by atoms with van der Waals surface area (Å²) < 4.78 is 0. The van der Waals surface area contributed by atoms with Crippen LogP contribution in [0.1, 0.15) is 15.9 Å². The maximum atomic E-state index is 12.2. The average molecular weight is 312 g/mol. The molecule has 6 N–H and O–H groups in total. The molecule has 0 fully saturated rings. The highest BCUT2D eigenvalue weighted by Crippen LogP contribution is 2.17. The Labute approximate surface area is 132 Å². The molecule has 0 aliphatic heterocycles. The summed E-state index contributed by atoms with van der Waals surface area (Å²) >= 11 is 0. The van der Waals surface area contributed by atoms with Crippen LogP contribution in [0.15, 0.2) is 53.5 Å². The minimum Gasteiger partial charge on any atom is -0.481 e. The van der Waals surface area contributed by atoms with Crippen molar-refractivity contribution in [2.24, 2.45) is 16.5 Å². The number of aliphatic carboxylic acids is 1. The Morgan fingerprint density at radius 3 is 2.52 bits per heavy atom. The molecule has 2 rings (SSSR count). The maximum absolute atomic E-state index is 12.2. The molecule has 0 aromatic heterocycles. The van der Waals surface area contributed by atoms with Gasteiger partial charge in [-0.25, -0.2) is 4.99 Å². The summed E-state index contributed by atoms with van der Waals surface area (Å²) in [7, 11) is 0. The SMILES string of the molecule is NC(N)=Nc1cccc(C(=O)Nc2cccc(CC(=O)O)c2)c1. The van der Waals surface area contributed by atoms with E-state index in [-0.39, 0.29) is 18.3 Å². The van der Waals surface area contributed by atoms with E-state index in [1.165, 1.54) is 0 Å². The molecule has 7 nitrogen and oxygen atoms in total. The standard InChI is InChI=1S/C16H16N4O3/c17-16(18)20-13-6-2-4-11(9-13)15(23)19-12-5-1-3-10(7-12)8-14(21)22/h1-7,9H,8H2,(H,19,23)(H,21,22)(H4,17,18,20). The van der Waals surface area contributed by atoms with Crippen LogP contribution >= 0.6 is 0 Å². The van der Waals surface area contributed by atoms with Crippen LogP contribution in [0.25, 0.3) is 0 Å². The van der Waals surface area contributed by atoms with E-state index in [1.807, 2.05) is 0 Å². The molecule has 0 heterocycles. The Morgan fingerprint density at radius 2 is 1.83 bits per heavy atom. The normalized spacial score (nSPS) is 9.91. The summed E-state index contributed by atoms with van der Waals surface area (Å²) in [6.07, 6.45) is -0.107. The third-order valence-corrected chi connectivity index (χ3v) is 2.91. The van der Waals surface area contributed by atoms with Crippen LogP contribution in [-0.4, -0.2) is 22.9 Å². The zero-order chi connectivity index (χ0) is 16.8. The maximum Gasteiger partial charge on any atom is 0.307 e. The molecule has 0 aliphatic carbocycles. The van der Waals surface area contributed by atoms with Crippen molar-refractivity contribution in [1.82, 2.24) is 0 Å². The average Bonchev–Trinajstić information content (AvgIpc) is 2.46. The summed E-state index contributed by atoms with van der Waals surface area (Å²) in [5, 5.41) is 11.5. The third-order valence-electron chi connectivity index (χ3n) is 2.91. The van der Waals surface area contributed by atoms with Gasteiger partial charge in [-0.1, -0.05) is 18.2 Å². The van der Waals surface area contributed by atoms with Crippen LogP contribution in [-0.2, 0) is 11.2 Å². The minimum atomic E-state index is -0.932. The number of amides is 1. The van der Waals surface area contributed by atoms with Gasteiger partial charge in [-0.3, -0.25) is 9.59 Å². The molecule has 118 valence electrons. The monoisotopic (exact) mass is 312 g/mol. The summed E-state index contributed by atoms with van der Waals surface area (Å²) in [4.78, 5) is 26.9. The molecule has 1 amide bonds. The third kappa shape index (κ3) is 4.85. The highest BCUT2D eigenvalue weighted by molar-refractivity contribution is 6.04. The summed E-state index contributed by atoms with van der Waals surface area (Å²) in [5.74, 6) is -1.37. The Hall–Kier alpha value is -3.35. The van der Waals surface area contributed by atoms with Crippen LogP contribution in [0.5, 0.6) is 0 Å². The number of hydrogen-bond donors (Lipinski definition) is 4. The predicted molar refractivity (Wildman–Crippen MR) is 87.6 cm³/mol. The zero-order valence-corrected chi connectivity index (χ0v) is 12.2. The lowest BCUT2D eigenvalue weighted by Crippen LogP contribution is -2.21. The predicted octanol–water partition coefficient (Wildman–Crippen LogP) is 1.47. The Balaban J connectivity index is 2.16. The van der Waals surface area contributed by atoms with Gasteiger partial charge >= 0.3 is 5.97 Å². The molecule has 2 aromatic rings. The quantitative estimate of drug-likeness (QED) is 0.490. The number of anilines is 1. The fourth-order valence-electron chi connectivity index (χ4n) is 2.00. The van der Waals surface area contributed by atoms with E-state index >= 15 is 0 Å². The second kappa shape index (κ2) is 7.08. The lowest BCUT2D eigenvalue weighted by atomic mass is 10.1. The number of rotatable bonds is 5. The molecule has 23 heavy (non-hydrogen) atoms. The van der Waals surface area contributed by atoms with E-state index in [0.717, 1.165) is 0 Å². The number of aliphatic imine (C=N–C) groups is 1. The number of carbonyl (C=O) groups is 2. The smallest absolute Gasteiger partial charge is 0.307 e. The fraction of sp³-hybridized carbons (Fsp3) is 0.0625. The molecule has 0 saturated carbocycles. The minimum absolute atomic E-state index is 0.0936. The van der Waals surface area contributed by atoms with Crippen molar-refractivity contribution in [3.63, 3.8) is 0 Å². The van der Waals surface area contributed by atoms with Gasteiger partial charge in [0.15, 0.2) is 5.96 Å². The molecule has 0 saturated heterocycles. The van der Waals surface area contributed by atoms with Crippen molar-refractivity contribution >= 4 is 29.2 Å². The molecule has 0 radical (unpaired) electrons. The second-order valence-corrected chi connectivity index (χ2v) is 4.81. The van der Waals surface area contributed by atoms with Gasteiger partial charge in [0.05, 0.1) is 12.1 Å². The lowest BCUT2D eigenvalue weighted by Gasteiger charge is -2.07. The molecule has 0 spiro atoms. The van der Waals surface area contributed by atoms with Crippen molar-refractivity contribution in [2.75, 3.05) is 5.32 Å². The highest BCUT2D eigenvalue weighted by Gasteiger charge is 2.08. The lowest BCUT2D eigenvalue weighted by molar-refractivity contribution is -0.136. The zero-order valence-electron chi connectivity index (χ0n) is 12.2. The number of carboxylic acids is 1. The van der Waals surface area contributed by atoms with Crippen LogP contribution in [0.3, 0.4) is 0 Å². The highest BCUT2D eigenvalue weighted by atomic mass is 16.4. The number of nitrogens with zero attached hydrogens (tertiary/aromatic N) is 1. The van der Waals surface area contributed by atoms with Gasteiger partial charge in [-0.05, 0) is 35.9 Å². The number of benzene rings is 2. The Morgan fingerprint density at radius 1 is 1.09 bits per heavy atom. The summed E-state index contributed by atoms with van der Waals surface area (Å²) in [5.41, 5.74) is 12.6. The van der Waals surface area contributed by atoms with Gasteiger partial charge in [-0.15, -0.1) is 0 Å². The van der Waals surface area contributed by atoms with Crippen molar-refractivity contribution in [3.05, 3.63) is 59.7 Å². The largest absolute Gasteiger partial charge is 0.481 e. The topological polar surface area (TPSA) is 131 Å². The number of carbonyl (C=O) groups excluding carboxylic acids is 1. The molecular formula is C16H16N4O3. The molecule has 2 aromatic carbocycles. The fourth-order valence-corrected chi connectivity index (χ4v) is 2.00. The first-order chi connectivity index (χ1) is 10.9. The number of nitrogens with two attached hydrogens (primary N) is 2. The van der Waals surface area contributed by atoms with Crippen LogP contribution < -0.4 is 16.8 Å². The molecule has 0 atom stereocenters. The van der Waals surface area contributed by atoms with Gasteiger partial charge in [0.2, 0.25) is 0 Å². The van der Waals surface area contributed by atoms with Crippen LogP contribution in [0, 0.1) is 0 Å². The summed E-state index contributed by atoms with van der Waals surface area (Å²) in [6.45, 7) is 0. The van der Waals surface area contributed by atoms with E-state index in [2.05, 4.69) is 10.3 Å². The number of nitrogens with one attached hydrogen (secondary N) is 1. The number of hydrogen-bond acceptors (Lipinski definition) is 3. The summed E-state index contributed by atoms with van der Waals surface area (Å²) in [6, 6.07) is 13.2. The van der Waals surface area contributed by atoms with E-state index in [0.29, 0.717) is 22.5 Å². The van der Waals surface area contributed by atoms with E-state index < -0.39 is 5.97 Å². The first-order valence-electron chi connectivity index (χ1n) is 6.76. The van der Waals surface area contributed by atoms with Gasteiger partial charge in [0, 0.05) is 11.3 Å². The van der Waals surface area contributed by atoms with Crippen LogP contribution in [0.4, 0.5) is 11.4 Å². The van der Waals surface area contributed by atoms with E-state index in [4.69, 9.17) is 16.6 Å². The van der Waals surface area contributed by atoms with Gasteiger partial charge in [-0.2, -0.15) is 0 Å². The van der Waals surface area contributed by atoms with Crippen LogP contribution in [0.2, 0.25) is 0 Å². The second-order valence-electron chi connectivity index (χ2n) is 4.81. The molecule has 7 heteroatoms. The molecule has 0 aliphatic rings.